The van der Waals surface area contributed by atoms with Crippen molar-refractivity contribution in [3.05, 3.63) is 24.3 Å². The molecule has 2 N–H and O–H groups in total. The third-order valence-electron chi connectivity index (χ3n) is 3.92. The molecule has 19 heavy (non-hydrogen) atoms. The van der Waals surface area contributed by atoms with E-state index < -0.39 is 0 Å². The molecule has 0 aromatic heterocycles. The Kier molecular flexibility index (Phi) is 4.10. The summed E-state index contributed by atoms with van der Waals surface area (Å²) in [7, 11) is 3.39. The zero-order valence-corrected chi connectivity index (χ0v) is 11.7. The van der Waals surface area contributed by atoms with Crippen LogP contribution in [0.1, 0.15) is 32.1 Å². The summed E-state index contributed by atoms with van der Waals surface area (Å²) in [6.07, 6.45) is 4.54. The fraction of sp³-hybridized carbons (Fsp3) is 0.533. The van der Waals surface area contributed by atoms with E-state index in [1.165, 1.54) is 0 Å². The van der Waals surface area contributed by atoms with Crippen LogP contribution >= 0.6 is 0 Å². The molecule has 1 saturated carbocycles. The number of nitrogens with zero attached hydrogens (tertiary/aromatic N) is 1. The van der Waals surface area contributed by atoms with Crippen LogP contribution in [0, 0.1) is 0 Å². The molecular weight excluding hydrogens is 240 g/mol. The van der Waals surface area contributed by atoms with E-state index in [2.05, 4.69) is 0 Å². The number of ether oxygens (including phenoxy) is 1. The van der Waals surface area contributed by atoms with Crippen molar-refractivity contribution in [1.29, 1.82) is 0 Å². The quantitative estimate of drug-likeness (QED) is 0.906. The summed E-state index contributed by atoms with van der Waals surface area (Å²) in [5, 5.41) is 0. The lowest BCUT2D eigenvalue weighted by molar-refractivity contribution is -0.119. The van der Waals surface area contributed by atoms with Crippen molar-refractivity contribution in [3.8, 4) is 5.75 Å². The maximum Gasteiger partial charge on any atom is 0.228 e. The minimum absolute atomic E-state index is 0.0499. The molecular formula is C15H22N2O2. The first kappa shape index (κ1) is 13.9. The standard InChI is InChI=1S/C15H22N2O2/c1-17(12-7-3-4-8-13(12)19-2)14(18)11-15(16)9-5-6-10-15/h3-4,7-8H,5-6,9-11,16H2,1-2H3. The number of anilines is 1. The Labute approximate surface area is 114 Å². The summed E-state index contributed by atoms with van der Waals surface area (Å²) >= 11 is 0. The highest BCUT2D eigenvalue weighted by Gasteiger charge is 2.33. The third-order valence-corrected chi connectivity index (χ3v) is 3.92. The summed E-state index contributed by atoms with van der Waals surface area (Å²) in [6.45, 7) is 0. The van der Waals surface area contributed by atoms with E-state index in [-0.39, 0.29) is 11.4 Å². The lowest BCUT2D eigenvalue weighted by Crippen LogP contribution is -2.42. The Hall–Kier alpha value is -1.55. The van der Waals surface area contributed by atoms with Gasteiger partial charge in [0.05, 0.1) is 12.8 Å². The zero-order valence-electron chi connectivity index (χ0n) is 11.7. The number of amides is 1. The van der Waals surface area contributed by atoms with Gasteiger partial charge in [0.15, 0.2) is 0 Å². The van der Waals surface area contributed by atoms with E-state index >= 15 is 0 Å². The maximum absolute atomic E-state index is 12.4. The predicted octanol–water partition coefficient (Wildman–Crippen LogP) is 2.32. The number of rotatable bonds is 4. The Bertz CT molecular complexity index is 453. The predicted molar refractivity (Wildman–Crippen MR) is 76.4 cm³/mol. The summed E-state index contributed by atoms with van der Waals surface area (Å²) in [5.74, 6) is 0.754. The fourth-order valence-electron chi connectivity index (χ4n) is 2.72. The SMILES string of the molecule is COc1ccccc1N(C)C(=O)CC1(N)CCCC1. The highest BCUT2D eigenvalue weighted by molar-refractivity contribution is 5.95. The van der Waals surface area contributed by atoms with Crippen molar-refractivity contribution >= 4 is 11.6 Å². The van der Waals surface area contributed by atoms with Gasteiger partial charge in [-0.2, -0.15) is 0 Å². The number of hydrogen-bond acceptors (Lipinski definition) is 3. The summed E-state index contributed by atoms with van der Waals surface area (Å²) in [4.78, 5) is 14.0. The van der Waals surface area contributed by atoms with Crippen molar-refractivity contribution in [2.24, 2.45) is 5.73 Å². The number of benzene rings is 1. The lowest BCUT2D eigenvalue weighted by Gasteiger charge is -2.27. The van der Waals surface area contributed by atoms with Gasteiger partial charge in [0.25, 0.3) is 0 Å². The van der Waals surface area contributed by atoms with Gasteiger partial charge in [-0.05, 0) is 25.0 Å². The zero-order chi connectivity index (χ0) is 13.9. The van der Waals surface area contributed by atoms with Crippen molar-refractivity contribution in [1.82, 2.24) is 0 Å². The van der Waals surface area contributed by atoms with Gasteiger partial charge in [-0.25, -0.2) is 0 Å². The number of para-hydroxylation sites is 2. The average Bonchev–Trinajstić information content (AvgIpc) is 2.84. The molecule has 0 spiro atoms. The van der Waals surface area contributed by atoms with Crippen LogP contribution < -0.4 is 15.4 Å². The van der Waals surface area contributed by atoms with Gasteiger partial charge in [-0.1, -0.05) is 25.0 Å². The number of carbonyl (C=O) groups excluding carboxylic acids is 1. The van der Waals surface area contributed by atoms with Gasteiger partial charge in [-0.15, -0.1) is 0 Å². The largest absolute Gasteiger partial charge is 0.495 e. The Balaban J connectivity index is 2.10. The summed E-state index contributed by atoms with van der Waals surface area (Å²) in [6, 6.07) is 7.53. The molecule has 1 aliphatic rings. The summed E-state index contributed by atoms with van der Waals surface area (Å²) < 4.78 is 5.29. The molecule has 4 nitrogen and oxygen atoms in total. The average molecular weight is 262 g/mol. The lowest BCUT2D eigenvalue weighted by atomic mass is 9.94. The van der Waals surface area contributed by atoms with Crippen LogP contribution in [-0.2, 0) is 4.79 Å². The van der Waals surface area contributed by atoms with E-state index in [1.54, 1.807) is 19.1 Å². The molecule has 0 heterocycles. The van der Waals surface area contributed by atoms with E-state index in [0.717, 1.165) is 31.4 Å². The van der Waals surface area contributed by atoms with E-state index in [0.29, 0.717) is 12.2 Å². The van der Waals surface area contributed by atoms with Gasteiger partial charge in [0, 0.05) is 19.0 Å². The first-order valence-corrected chi connectivity index (χ1v) is 6.74. The first-order valence-electron chi connectivity index (χ1n) is 6.74. The molecule has 1 aromatic rings. The monoisotopic (exact) mass is 262 g/mol. The van der Waals surface area contributed by atoms with Gasteiger partial charge < -0.3 is 15.4 Å². The van der Waals surface area contributed by atoms with Crippen LogP contribution in [0.5, 0.6) is 5.75 Å². The molecule has 2 rings (SSSR count). The maximum atomic E-state index is 12.4. The molecule has 1 amide bonds. The molecule has 0 atom stereocenters. The van der Waals surface area contributed by atoms with E-state index in [4.69, 9.17) is 10.5 Å². The third kappa shape index (κ3) is 3.07. The van der Waals surface area contributed by atoms with Gasteiger partial charge in [0.2, 0.25) is 5.91 Å². The molecule has 0 saturated heterocycles. The van der Waals surface area contributed by atoms with Crippen LogP contribution in [0.25, 0.3) is 0 Å². The highest BCUT2D eigenvalue weighted by atomic mass is 16.5. The van der Waals surface area contributed by atoms with Crippen LogP contribution in [0.15, 0.2) is 24.3 Å². The van der Waals surface area contributed by atoms with Crippen LogP contribution in [-0.4, -0.2) is 25.6 Å². The van der Waals surface area contributed by atoms with Gasteiger partial charge in [-0.3, -0.25) is 4.79 Å². The molecule has 1 aromatic carbocycles. The van der Waals surface area contributed by atoms with Gasteiger partial charge >= 0.3 is 0 Å². The molecule has 4 heteroatoms. The molecule has 0 unspecified atom stereocenters. The van der Waals surface area contributed by atoms with Crippen LogP contribution in [0.4, 0.5) is 5.69 Å². The highest BCUT2D eigenvalue weighted by Crippen LogP contribution is 2.32. The van der Waals surface area contributed by atoms with E-state index in [9.17, 15) is 4.79 Å². The number of carbonyl (C=O) groups is 1. The van der Waals surface area contributed by atoms with Crippen molar-refractivity contribution in [2.75, 3.05) is 19.1 Å². The molecule has 0 radical (unpaired) electrons. The van der Waals surface area contributed by atoms with Crippen molar-refractivity contribution < 1.29 is 9.53 Å². The second-order valence-electron chi connectivity index (χ2n) is 5.37. The summed E-state index contributed by atoms with van der Waals surface area (Å²) in [5.41, 5.74) is 6.74. The topological polar surface area (TPSA) is 55.6 Å². The number of nitrogens with two attached hydrogens (primary N) is 1. The Morgan fingerprint density at radius 2 is 2.00 bits per heavy atom. The van der Waals surface area contributed by atoms with Crippen LogP contribution in [0.3, 0.4) is 0 Å². The molecule has 0 aliphatic heterocycles. The number of methoxy groups -OCH3 is 1. The minimum Gasteiger partial charge on any atom is -0.495 e. The normalized spacial score (nSPS) is 17.2. The Morgan fingerprint density at radius 1 is 1.37 bits per heavy atom. The minimum atomic E-state index is -0.312. The molecule has 1 aliphatic carbocycles. The molecule has 0 bridgehead atoms. The van der Waals surface area contributed by atoms with Crippen LogP contribution in [0.2, 0.25) is 0 Å². The van der Waals surface area contributed by atoms with Crippen molar-refractivity contribution in [3.63, 3.8) is 0 Å². The smallest absolute Gasteiger partial charge is 0.228 e. The molecule has 104 valence electrons. The second kappa shape index (κ2) is 5.61. The van der Waals surface area contributed by atoms with Crippen molar-refractivity contribution in [2.45, 2.75) is 37.6 Å². The Morgan fingerprint density at radius 3 is 2.63 bits per heavy atom. The second-order valence-corrected chi connectivity index (χ2v) is 5.37. The molecule has 1 fully saturated rings. The fourth-order valence-corrected chi connectivity index (χ4v) is 2.72. The number of hydrogen-bond donors (Lipinski definition) is 1. The van der Waals surface area contributed by atoms with E-state index in [1.807, 2.05) is 24.3 Å². The first-order chi connectivity index (χ1) is 9.06. The van der Waals surface area contributed by atoms with Gasteiger partial charge in [0.1, 0.15) is 5.75 Å².